The lowest BCUT2D eigenvalue weighted by Gasteiger charge is -2.07. The monoisotopic (exact) mass is 203 g/mol. The van der Waals surface area contributed by atoms with Crippen molar-refractivity contribution < 1.29 is 0 Å². The van der Waals surface area contributed by atoms with Gasteiger partial charge in [0.05, 0.1) is 6.54 Å². The van der Waals surface area contributed by atoms with Gasteiger partial charge in [-0.3, -0.25) is 4.57 Å². The maximum absolute atomic E-state index is 11.3. The number of nitrogens with two attached hydrogens (primary N) is 1. The lowest BCUT2D eigenvalue weighted by Crippen LogP contribution is -2.17. The van der Waals surface area contributed by atoms with Gasteiger partial charge in [0.2, 0.25) is 0 Å². The average molecular weight is 203 g/mol. The van der Waals surface area contributed by atoms with Crippen molar-refractivity contribution in [3.05, 3.63) is 58.3 Å². The van der Waals surface area contributed by atoms with Gasteiger partial charge in [-0.15, -0.1) is 0 Å². The smallest absolute Gasteiger partial charge is 0.325 e. The molecule has 15 heavy (non-hydrogen) atoms. The molecule has 0 saturated carbocycles. The normalized spacial score (nSPS) is 10.5. The lowest BCUT2D eigenvalue weighted by molar-refractivity contribution is 0.752. The van der Waals surface area contributed by atoms with Crippen LogP contribution in [0.15, 0.2) is 41.5 Å². The van der Waals surface area contributed by atoms with Gasteiger partial charge in [-0.25, -0.2) is 4.79 Å². The molecule has 0 bridgehead atoms. The first-order chi connectivity index (χ1) is 7.31. The molecule has 0 aliphatic carbocycles. The third-order valence-electron chi connectivity index (χ3n) is 2.40. The number of rotatable bonds is 3. The van der Waals surface area contributed by atoms with Gasteiger partial charge in [-0.05, 0) is 11.1 Å². The van der Waals surface area contributed by atoms with Gasteiger partial charge in [-0.2, -0.15) is 0 Å². The van der Waals surface area contributed by atoms with Crippen LogP contribution < -0.4 is 11.4 Å². The third kappa shape index (κ3) is 1.99. The van der Waals surface area contributed by atoms with E-state index in [9.17, 15) is 4.79 Å². The SMILES string of the molecule is NCc1ccccc1Cn1cc[nH]c1=O. The zero-order valence-electron chi connectivity index (χ0n) is 8.31. The highest BCUT2D eigenvalue weighted by atomic mass is 16.1. The van der Waals surface area contributed by atoms with Crippen molar-refractivity contribution in [1.29, 1.82) is 0 Å². The quantitative estimate of drug-likeness (QED) is 0.770. The van der Waals surface area contributed by atoms with E-state index in [0.717, 1.165) is 11.1 Å². The molecule has 0 unspecified atom stereocenters. The highest BCUT2D eigenvalue weighted by Crippen LogP contribution is 2.08. The Morgan fingerprint density at radius 3 is 2.60 bits per heavy atom. The number of nitrogens with zero attached hydrogens (tertiary/aromatic N) is 1. The van der Waals surface area contributed by atoms with Crippen molar-refractivity contribution in [3.8, 4) is 0 Å². The molecule has 4 nitrogen and oxygen atoms in total. The topological polar surface area (TPSA) is 63.8 Å². The van der Waals surface area contributed by atoms with Crippen molar-refractivity contribution in [3.63, 3.8) is 0 Å². The summed E-state index contributed by atoms with van der Waals surface area (Å²) in [5, 5.41) is 0. The van der Waals surface area contributed by atoms with Crippen LogP contribution >= 0.6 is 0 Å². The Hall–Kier alpha value is -1.81. The van der Waals surface area contributed by atoms with Crippen LogP contribution in [-0.2, 0) is 13.1 Å². The van der Waals surface area contributed by atoms with E-state index in [1.807, 2.05) is 24.3 Å². The molecule has 0 fully saturated rings. The second-order valence-electron chi connectivity index (χ2n) is 3.37. The van der Waals surface area contributed by atoms with E-state index in [-0.39, 0.29) is 5.69 Å². The average Bonchev–Trinajstić information content (AvgIpc) is 2.65. The predicted molar refractivity (Wildman–Crippen MR) is 58.5 cm³/mol. The van der Waals surface area contributed by atoms with E-state index in [2.05, 4.69) is 4.98 Å². The minimum absolute atomic E-state index is 0.0955. The highest BCUT2D eigenvalue weighted by molar-refractivity contribution is 5.27. The molecule has 2 aromatic rings. The van der Waals surface area contributed by atoms with E-state index in [0.29, 0.717) is 13.1 Å². The molecule has 0 aliphatic rings. The van der Waals surface area contributed by atoms with Crippen LogP contribution in [0.5, 0.6) is 0 Å². The molecule has 1 heterocycles. The van der Waals surface area contributed by atoms with Crippen LogP contribution in [0.25, 0.3) is 0 Å². The van der Waals surface area contributed by atoms with E-state index >= 15 is 0 Å². The molecular formula is C11H13N3O. The summed E-state index contributed by atoms with van der Waals surface area (Å²) in [6.07, 6.45) is 3.36. The maximum atomic E-state index is 11.3. The third-order valence-corrected chi connectivity index (χ3v) is 2.40. The fourth-order valence-corrected chi connectivity index (χ4v) is 1.57. The first kappa shape index (κ1) is 9.73. The summed E-state index contributed by atoms with van der Waals surface area (Å²) < 4.78 is 1.62. The Bertz CT molecular complexity index is 498. The number of aromatic nitrogens is 2. The lowest BCUT2D eigenvalue weighted by atomic mass is 10.1. The van der Waals surface area contributed by atoms with Crippen LogP contribution in [0.3, 0.4) is 0 Å². The standard InChI is InChI=1S/C11H13N3O/c12-7-9-3-1-2-4-10(9)8-14-6-5-13-11(14)15/h1-6H,7-8,12H2,(H,13,15). The molecule has 1 aromatic heterocycles. The molecule has 0 atom stereocenters. The van der Waals surface area contributed by atoms with Gasteiger partial charge < -0.3 is 10.7 Å². The molecule has 0 radical (unpaired) electrons. The van der Waals surface area contributed by atoms with Gasteiger partial charge >= 0.3 is 5.69 Å². The largest absolute Gasteiger partial charge is 0.326 e. The molecule has 0 amide bonds. The summed E-state index contributed by atoms with van der Waals surface area (Å²) in [4.78, 5) is 13.9. The number of H-pyrrole nitrogens is 1. The minimum atomic E-state index is -0.0955. The zero-order valence-corrected chi connectivity index (χ0v) is 8.31. The van der Waals surface area contributed by atoms with Crippen molar-refractivity contribution in [2.24, 2.45) is 5.73 Å². The van der Waals surface area contributed by atoms with Crippen LogP contribution in [-0.4, -0.2) is 9.55 Å². The number of imidazole rings is 1. The van der Waals surface area contributed by atoms with E-state index in [1.165, 1.54) is 0 Å². The molecule has 0 aliphatic heterocycles. The number of nitrogens with one attached hydrogen (secondary N) is 1. The van der Waals surface area contributed by atoms with E-state index in [1.54, 1.807) is 17.0 Å². The Morgan fingerprint density at radius 2 is 2.00 bits per heavy atom. The Morgan fingerprint density at radius 1 is 1.27 bits per heavy atom. The second kappa shape index (κ2) is 4.14. The van der Waals surface area contributed by atoms with Crippen molar-refractivity contribution in [2.45, 2.75) is 13.1 Å². The van der Waals surface area contributed by atoms with Gasteiger partial charge in [-0.1, -0.05) is 24.3 Å². The molecule has 4 heteroatoms. The molecule has 2 rings (SSSR count). The first-order valence-corrected chi connectivity index (χ1v) is 4.82. The van der Waals surface area contributed by atoms with Crippen LogP contribution in [0.4, 0.5) is 0 Å². The summed E-state index contributed by atoms with van der Waals surface area (Å²) in [6.45, 7) is 1.06. The van der Waals surface area contributed by atoms with Crippen LogP contribution in [0.1, 0.15) is 11.1 Å². The fraction of sp³-hybridized carbons (Fsp3) is 0.182. The van der Waals surface area contributed by atoms with E-state index in [4.69, 9.17) is 5.73 Å². The molecule has 78 valence electrons. The molecule has 0 spiro atoms. The number of benzene rings is 1. The number of aromatic amines is 1. The zero-order chi connectivity index (χ0) is 10.7. The van der Waals surface area contributed by atoms with Gasteiger partial charge in [0.15, 0.2) is 0 Å². The summed E-state index contributed by atoms with van der Waals surface area (Å²) >= 11 is 0. The van der Waals surface area contributed by atoms with Gasteiger partial charge in [0, 0.05) is 18.9 Å². The Balaban J connectivity index is 2.32. The summed E-state index contributed by atoms with van der Waals surface area (Å²) in [5.41, 5.74) is 7.69. The number of hydrogen-bond donors (Lipinski definition) is 2. The first-order valence-electron chi connectivity index (χ1n) is 4.82. The van der Waals surface area contributed by atoms with Crippen molar-refractivity contribution >= 4 is 0 Å². The summed E-state index contributed by atoms with van der Waals surface area (Å²) in [7, 11) is 0. The second-order valence-corrected chi connectivity index (χ2v) is 3.37. The van der Waals surface area contributed by atoms with Gasteiger partial charge in [0.1, 0.15) is 0 Å². The summed E-state index contributed by atoms with van der Waals surface area (Å²) in [5.74, 6) is 0. The van der Waals surface area contributed by atoms with Crippen molar-refractivity contribution in [2.75, 3.05) is 0 Å². The van der Waals surface area contributed by atoms with Gasteiger partial charge in [0.25, 0.3) is 0 Å². The summed E-state index contributed by atoms with van der Waals surface area (Å²) in [6, 6.07) is 7.87. The molecule has 3 N–H and O–H groups in total. The number of hydrogen-bond acceptors (Lipinski definition) is 2. The van der Waals surface area contributed by atoms with Crippen LogP contribution in [0.2, 0.25) is 0 Å². The van der Waals surface area contributed by atoms with Crippen LogP contribution in [0, 0.1) is 0 Å². The molecular weight excluding hydrogens is 190 g/mol. The molecule has 0 saturated heterocycles. The van der Waals surface area contributed by atoms with E-state index < -0.39 is 0 Å². The minimum Gasteiger partial charge on any atom is -0.326 e. The predicted octanol–water partition coefficient (Wildman–Crippen LogP) is 0.683. The maximum Gasteiger partial charge on any atom is 0.325 e. The Kier molecular flexibility index (Phi) is 2.69. The fourth-order valence-electron chi connectivity index (χ4n) is 1.57. The Labute approximate surface area is 87.4 Å². The molecule has 1 aromatic carbocycles. The highest BCUT2D eigenvalue weighted by Gasteiger charge is 2.02. The van der Waals surface area contributed by atoms with Crippen molar-refractivity contribution in [1.82, 2.24) is 9.55 Å².